The molecule has 1 N–H and O–H groups in total. The van der Waals surface area contributed by atoms with Gasteiger partial charge in [-0.2, -0.15) is 0 Å². The molecule has 1 saturated carbocycles. The van der Waals surface area contributed by atoms with Crippen molar-refractivity contribution >= 4 is 27.3 Å². The van der Waals surface area contributed by atoms with Gasteiger partial charge in [0.1, 0.15) is 0 Å². The van der Waals surface area contributed by atoms with Crippen LogP contribution in [0, 0.1) is 18.3 Å². The zero-order valence-corrected chi connectivity index (χ0v) is 13.6. The Morgan fingerprint density at radius 2 is 2.15 bits per heavy atom. The summed E-state index contributed by atoms with van der Waals surface area (Å²) in [7, 11) is -3.78. The number of hydrogen-bond donors (Lipinski definition) is 1. The van der Waals surface area contributed by atoms with Crippen LogP contribution < -0.4 is 4.72 Å². The quantitative estimate of drug-likeness (QED) is 0.929. The van der Waals surface area contributed by atoms with Crippen LogP contribution in [0.15, 0.2) is 10.4 Å². The third kappa shape index (κ3) is 3.20. The summed E-state index contributed by atoms with van der Waals surface area (Å²) >= 11 is 1.07. The fourth-order valence-corrected chi connectivity index (χ4v) is 4.83. The fourth-order valence-electron chi connectivity index (χ4n) is 2.70. The minimum atomic E-state index is -3.78. The molecule has 0 radical (unpaired) electrons. The van der Waals surface area contributed by atoms with Crippen molar-refractivity contribution in [1.82, 2.24) is 9.71 Å². The topological polar surface area (TPSA) is 76.1 Å². The van der Waals surface area contributed by atoms with Gasteiger partial charge >= 0.3 is 0 Å². The van der Waals surface area contributed by atoms with E-state index < -0.39 is 10.0 Å². The van der Waals surface area contributed by atoms with Gasteiger partial charge in [-0.25, -0.2) is 18.1 Å². The highest BCUT2D eigenvalue weighted by atomic mass is 32.2. The van der Waals surface area contributed by atoms with Crippen molar-refractivity contribution < 1.29 is 13.2 Å². The molecule has 1 fully saturated rings. The van der Waals surface area contributed by atoms with Gasteiger partial charge in [0.25, 0.3) is 10.0 Å². The van der Waals surface area contributed by atoms with Crippen molar-refractivity contribution in [3.63, 3.8) is 0 Å². The van der Waals surface area contributed by atoms with E-state index in [9.17, 15) is 13.2 Å². The van der Waals surface area contributed by atoms with Gasteiger partial charge in [-0.1, -0.05) is 26.7 Å². The zero-order chi connectivity index (χ0) is 15.0. The second kappa shape index (κ2) is 5.44. The zero-order valence-electron chi connectivity index (χ0n) is 12.0. The first-order valence-corrected chi connectivity index (χ1v) is 9.01. The van der Waals surface area contributed by atoms with Crippen LogP contribution in [0.2, 0.25) is 0 Å². The number of hydrogen-bond acceptors (Lipinski definition) is 5. The molecule has 1 aromatic rings. The number of nitrogens with zero attached hydrogens (tertiary/aromatic N) is 1. The summed E-state index contributed by atoms with van der Waals surface area (Å²) in [5, 5.41) is 0.663. The van der Waals surface area contributed by atoms with Crippen molar-refractivity contribution in [2.24, 2.45) is 11.3 Å². The molecule has 1 atom stereocenters. The average molecular weight is 316 g/mol. The van der Waals surface area contributed by atoms with E-state index >= 15 is 0 Å². The molecule has 1 aromatic heterocycles. The normalized spacial score (nSPS) is 22.4. The molecule has 112 valence electrons. The van der Waals surface area contributed by atoms with Gasteiger partial charge < -0.3 is 0 Å². The van der Waals surface area contributed by atoms with Crippen molar-refractivity contribution in [2.45, 2.75) is 50.7 Å². The number of amides is 1. The number of aryl methyl sites for hydroxylation is 1. The first kappa shape index (κ1) is 15.4. The van der Waals surface area contributed by atoms with Gasteiger partial charge in [0, 0.05) is 5.92 Å². The summed E-state index contributed by atoms with van der Waals surface area (Å²) in [6.45, 7) is 5.79. The Hall–Kier alpha value is -0.950. The third-order valence-electron chi connectivity index (χ3n) is 3.92. The predicted octanol–water partition coefficient (Wildman–Crippen LogP) is 2.47. The number of carbonyl (C=O) groups is 1. The highest BCUT2D eigenvalue weighted by Gasteiger charge is 2.38. The SMILES string of the molecule is Cc1ncc(S(=O)(=O)NC(=O)C2CCCCC2(C)C)s1. The van der Waals surface area contributed by atoms with E-state index in [1.807, 2.05) is 13.8 Å². The maximum atomic E-state index is 12.3. The Bertz CT molecular complexity index is 605. The Balaban J connectivity index is 2.15. The van der Waals surface area contributed by atoms with Crippen LogP contribution in [0.5, 0.6) is 0 Å². The highest BCUT2D eigenvalue weighted by Crippen LogP contribution is 2.40. The first-order valence-electron chi connectivity index (χ1n) is 6.71. The smallest absolute Gasteiger partial charge is 0.274 e. The molecule has 0 aromatic carbocycles. The number of aromatic nitrogens is 1. The Morgan fingerprint density at radius 1 is 1.45 bits per heavy atom. The molecule has 5 nitrogen and oxygen atoms in total. The van der Waals surface area contributed by atoms with E-state index in [0.29, 0.717) is 5.01 Å². The van der Waals surface area contributed by atoms with E-state index in [0.717, 1.165) is 37.0 Å². The Labute approximate surface area is 123 Å². The summed E-state index contributed by atoms with van der Waals surface area (Å²) in [5.41, 5.74) is -0.151. The van der Waals surface area contributed by atoms with Gasteiger partial charge in [-0.15, -0.1) is 11.3 Å². The number of thiazole rings is 1. The van der Waals surface area contributed by atoms with Crippen LogP contribution in [-0.4, -0.2) is 19.3 Å². The molecule has 0 bridgehead atoms. The van der Waals surface area contributed by atoms with Gasteiger partial charge in [-0.05, 0) is 25.2 Å². The maximum absolute atomic E-state index is 12.3. The molecule has 7 heteroatoms. The lowest BCUT2D eigenvalue weighted by Crippen LogP contribution is -2.43. The summed E-state index contributed by atoms with van der Waals surface area (Å²) < 4.78 is 26.6. The lowest BCUT2D eigenvalue weighted by molar-refractivity contribution is -0.128. The van der Waals surface area contributed by atoms with Crippen molar-refractivity contribution in [2.75, 3.05) is 0 Å². The number of nitrogens with one attached hydrogen (secondary N) is 1. The molecule has 0 aliphatic heterocycles. The maximum Gasteiger partial charge on any atom is 0.275 e. The first-order chi connectivity index (χ1) is 9.22. The van der Waals surface area contributed by atoms with Gasteiger partial charge in [-0.3, -0.25) is 4.79 Å². The van der Waals surface area contributed by atoms with Gasteiger partial charge in [0.2, 0.25) is 5.91 Å². The molecule has 1 unspecified atom stereocenters. The summed E-state index contributed by atoms with van der Waals surface area (Å²) in [6.07, 6.45) is 5.06. The molecule has 1 aliphatic rings. The molecule has 2 rings (SSSR count). The molecule has 1 amide bonds. The average Bonchev–Trinajstić information content (AvgIpc) is 2.75. The molecular weight excluding hydrogens is 296 g/mol. The number of rotatable bonds is 3. The second-order valence-electron chi connectivity index (χ2n) is 5.96. The standard InChI is InChI=1S/C13H20N2O3S2/c1-9-14-8-11(19-9)20(17,18)15-12(16)10-6-4-5-7-13(10,2)3/h8,10H,4-7H2,1-3H3,(H,15,16). The monoisotopic (exact) mass is 316 g/mol. The van der Waals surface area contributed by atoms with Gasteiger partial charge in [0.05, 0.1) is 11.2 Å². The van der Waals surface area contributed by atoms with Crippen LogP contribution in [-0.2, 0) is 14.8 Å². The van der Waals surface area contributed by atoms with Crippen LogP contribution in [0.1, 0.15) is 44.5 Å². The predicted molar refractivity (Wildman–Crippen MR) is 77.9 cm³/mol. The largest absolute Gasteiger partial charge is 0.275 e. The molecule has 0 spiro atoms. The van der Waals surface area contributed by atoms with Crippen LogP contribution in [0.25, 0.3) is 0 Å². The number of sulfonamides is 1. The van der Waals surface area contributed by atoms with Crippen molar-refractivity contribution in [1.29, 1.82) is 0 Å². The molecule has 0 saturated heterocycles. The number of carbonyl (C=O) groups excluding carboxylic acids is 1. The Kier molecular flexibility index (Phi) is 4.20. The van der Waals surface area contributed by atoms with Crippen LogP contribution >= 0.6 is 11.3 Å². The molecule has 20 heavy (non-hydrogen) atoms. The minimum Gasteiger partial charge on any atom is -0.274 e. The van der Waals surface area contributed by atoms with E-state index in [2.05, 4.69) is 9.71 Å². The van der Waals surface area contributed by atoms with Crippen LogP contribution in [0.3, 0.4) is 0 Å². The third-order valence-corrected chi connectivity index (χ3v) is 6.64. The molecule has 1 heterocycles. The lowest BCUT2D eigenvalue weighted by atomic mass is 9.68. The van der Waals surface area contributed by atoms with Gasteiger partial charge in [0.15, 0.2) is 4.21 Å². The summed E-state index contributed by atoms with van der Waals surface area (Å²) in [5.74, 6) is -0.638. The summed E-state index contributed by atoms with van der Waals surface area (Å²) in [6, 6.07) is 0. The fraction of sp³-hybridized carbons (Fsp3) is 0.692. The van der Waals surface area contributed by atoms with E-state index in [1.165, 1.54) is 6.20 Å². The van der Waals surface area contributed by atoms with Crippen molar-refractivity contribution in [3.8, 4) is 0 Å². The van der Waals surface area contributed by atoms with Crippen LogP contribution in [0.4, 0.5) is 0 Å². The minimum absolute atomic E-state index is 0.0944. The second-order valence-corrected chi connectivity index (χ2v) is 9.10. The molecular formula is C13H20N2O3S2. The van der Waals surface area contributed by atoms with E-state index in [4.69, 9.17) is 0 Å². The van der Waals surface area contributed by atoms with Crippen molar-refractivity contribution in [3.05, 3.63) is 11.2 Å². The Morgan fingerprint density at radius 3 is 2.70 bits per heavy atom. The summed E-state index contributed by atoms with van der Waals surface area (Å²) in [4.78, 5) is 16.2. The molecule has 1 aliphatic carbocycles. The lowest BCUT2D eigenvalue weighted by Gasteiger charge is -2.37. The van der Waals surface area contributed by atoms with E-state index in [-0.39, 0.29) is 21.4 Å². The van der Waals surface area contributed by atoms with E-state index in [1.54, 1.807) is 6.92 Å². The highest BCUT2D eigenvalue weighted by molar-refractivity contribution is 7.92.